The Morgan fingerprint density at radius 1 is 0.926 bits per heavy atom. The molecule has 1 aromatic rings. The number of esters is 2. The molecule has 1 aliphatic carbocycles. The van der Waals surface area contributed by atoms with Gasteiger partial charge in [0.15, 0.2) is 5.41 Å². The summed E-state index contributed by atoms with van der Waals surface area (Å²) in [4.78, 5) is 38.1. The van der Waals surface area contributed by atoms with E-state index in [4.69, 9.17) is 9.47 Å². The van der Waals surface area contributed by atoms with Crippen molar-refractivity contribution in [3.8, 4) is 0 Å². The number of carbonyl (C=O) groups excluding carboxylic acids is 3. The fraction of sp³-hybridized carbons (Fsp3) is 0.381. The van der Waals surface area contributed by atoms with Gasteiger partial charge in [-0.25, -0.2) is 0 Å². The SMILES string of the molecule is COC(=O)C1(C(=O)OC)CC(/C=C/c2ccccc2)=C(C(=O)[Si](C)(C)C)C1. The van der Waals surface area contributed by atoms with Gasteiger partial charge in [-0.15, -0.1) is 0 Å². The summed E-state index contributed by atoms with van der Waals surface area (Å²) < 4.78 is 9.79. The van der Waals surface area contributed by atoms with Gasteiger partial charge in [-0.3, -0.25) is 9.59 Å². The predicted molar refractivity (Wildman–Crippen MR) is 107 cm³/mol. The summed E-state index contributed by atoms with van der Waals surface area (Å²) in [6.07, 6.45) is 3.83. The zero-order chi connectivity index (χ0) is 20.2. The highest BCUT2D eigenvalue weighted by Gasteiger charge is 2.54. The fourth-order valence-electron chi connectivity index (χ4n) is 3.27. The van der Waals surface area contributed by atoms with Gasteiger partial charge in [0.05, 0.1) is 14.2 Å². The molecule has 0 aromatic heterocycles. The number of hydrogen-bond acceptors (Lipinski definition) is 5. The first-order valence-corrected chi connectivity index (χ1v) is 12.3. The number of allylic oxidation sites excluding steroid dienone is 3. The Labute approximate surface area is 161 Å². The van der Waals surface area contributed by atoms with Gasteiger partial charge in [-0.1, -0.05) is 62.1 Å². The molecule has 0 saturated heterocycles. The van der Waals surface area contributed by atoms with Gasteiger partial charge in [0.25, 0.3) is 0 Å². The van der Waals surface area contributed by atoms with E-state index in [1.165, 1.54) is 14.2 Å². The maximum atomic E-state index is 13.1. The van der Waals surface area contributed by atoms with Crippen LogP contribution in [0.25, 0.3) is 6.08 Å². The van der Waals surface area contributed by atoms with Crippen LogP contribution < -0.4 is 0 Å². The van der Waals surface area contributed by atoms with E-state index in [0.29, 0.717) is 11.1 Å². The standard InChI is InChI=1S/C21H26O5Si/c1-25-19(23)21(20(24)26-2)13-16(12-11-15-9-7-6-8-10-15)17(14-21)18(22)27(3,4)5/h6-12H,13-14H2,1-5H3/b12-11+. The normalized spacial score (nSPS) is 16.5. The van der Waals surface area contributed by atoms with Crippen molar-refractivity contribution in [2.45, 2.75) is 32.5 Å². The maximum absolute atomic E-state index is 13.1. The first kappa shape index (κ1) is 20.8. The van der Waals surface area contributed by atoms with Crippen molar-refractivity contribution in [3.63, 3.8) is 0 Å². The molecule has 0 bridgehead atoms. The highest BCUT2D eigenvalue weighted by molar-refractivity contribution is 7.05. The summed E-state index contributed by atoms with van der Waals surface area (Å²) in [5.74, 6) is -1.34. The number of ether oxygens (including phenoxy) is 2. The third-order valence-electron chi connectivity index (χ3n) is 4.74. The Balaban J connectivity index is 2.51. The second-order valence-corrected chi connectivity index (χ2v) is 12.7. The minimum atomic E-state index is -2.16. The van der Waals surface area contributed by atoms with E-state index < -0.39 is 25.4 Å². The molecule has 0 N–H and O–H groups in total. The minimum Gasteiger partial charge on any atom is -0.468 e. The van der Waals surface area contributed by atoms with Crippen LogP contribution in [0, 0.1) is 5.41 Å². The molecule has 0 saturated carbocycles. The molecule has 0 heterocycles. The molecule has 27 heavy (non-hydrogen) atoms. The van der Waals surface area contributed by atoms with Crippen molar-refractivity contribution >= 4 is 31.5 Å². The smallest absolute Gasteiger partial charge is 0.323 e. The van der Waals surface area contributed by atoms with Crippen LogP contribution in [0.3, 0.4) is 0 Å². The molecule has 0 aliphatic heterocycles. The molecule has 0 unspecified atom stereocenters. The summed E-state index contributed by atoms with van der Waals surface area (Å²) in [7, 11) is 0.319. The van der Waals surface area contributed by atoms with Crippen molar-refractivity contribution in [1.29, 1.82) is 0 Å². The number of rotatable bonds is 6. The predicted octanol–water partition coefficient (Wildman–Crippen LogP) is 3.57. The lowest BCUT2D eigenvalue weighted by atomic mass is 9.83. The molecular formula is C21H26O5Si. The molecule has 0 amide bonds. The summed E-state index contributed by atoms with van der Waals surface area (Å²) in [5, 5.41) is 0.0462. The van der Waals surface area contributed by atoms with Gasteiger partial charge in [-0.05, 0) is 23.1 Å². The van der Waals surface area contributed by atoms with Gasteiger partial charge < -0.3 is 14.3 Å². The maximum Gasteiger partial charge on any atom is 0.323 e. The van der Waals surface area contributed by atoms with Crippen LogP contribution >= 0.6 is 0 Å². The topological polar surface area (TPSA) is 69.7 Å². The summed E-state index contributed by atoms with van der Waals surface area (Å²) in [6, 6.07) is 9.65. The Bertz CT molecular complexity index is 784. The summed E-state index contributed by atoms with van der Waals surface area (Å²) >= 11 is 0. The number of benzene rings is 1. The molecule has 0 radical (unpaired) electrons. The monoisotopic (exact) mass is 386 g/mol. The van der Waals surface area contributed by atoms with Crippen LogP contribution in [-0.4, -0.2) is 39.6 Å². The zero-order valence-electron chi connectivity index (χ0n) is 16.5. The Kier molecular flexibility index (Phi) is 6.21. The van der Waals surface area contributed by atoms with Crippen molar-refractivity contribution in [2.75, 3.05) is 14.2 Å². The Hall–Kier alpha value is -2.47. The van der Waals surface area contributed by atoms with Crippen LogP contribution in [0.2, 0.25) is 19.6 Å². The molecule has 6 heteroatoms. The molecule has 1 aliphatic rings. The minimum absolute atomic E-state index is 0.0178. The lowest BCUT2D eigenvalue weighted by Crippen LogP contribution is -2.41. The molecule has 0 atom stereocenters. The molecule has 1 aromatic carbocycles. The number of hydrogen-bond donors (Lipinski definition) is 0. The van der Waals surface area contributed by atoms with Crippen LogP contribution in [0.1, 0.15) is 18.4 Å². The first-order valence-electron chi connectivity index (χ1n) is 8.82. The van der Waals surface area contributed by atoms with Crippen LogP contribution in [0.15, 0.2) is 47.6 Å². The van der Waals surface area contributed by atoms with Crippen LogP contribution in [-0.2, 0) is 23.9 Å². The van der Waals surface area contributed by atoms with E-state index in [2.05, 4.69) is 0 Å². The van der Waals surface area contributed by atoms with Crippen LogP contribution in [0.4, 0.5) is 0 Å². The lowest BCUT2D eigenvalue weighted by Gasteiger charge is -2.24. The number of carbonyl (C=O) groups is 3. The lowest BCUT2D eigenvalue weighted by molar-refractivity contribution is -0.168. The van der Waals surface area contributed by atoms with Crippen molar-refractivity contribution in [3.05, 3.63) is 53.1 Å². The van der Waals surface area contributed by atoms with E-state index >= 15 is 0 Å². The van der Waals surface area contributed by atoms with E-state index in [0.717, 1.165) is 5.56 Å². The Morgan fingerprint density at radius 3 is 1.96 bits per heavy atom. The second-order valence-electron chi connectivity index (χ2n) is 7.75. The van der Waals surface area contributed by atoms with Gasteiger partial charge in [0, 0.05) is 6.42 Å². The van der Waals surface area contributed by atoms with Gasteiger partial charge >= 0.3 is 11.9 Å². The molecule has 0 spiro atoms. The second kappa shape index (κ2) is 8.04. The van der Waals surface area contributed by atoms with Crippen molar-refractivity contribution in [2.24, 2.45) is 5.41 Å². The Morgan fingerprint density at radius 2 is 1.48 bits per heavy atom. The van der Waals surface area contributed by atoms with Crippen molar-refractivity contribution in [1.82, 2.24) is 0 Å². The highest BCUT2D eigenvalue weighted by atomic mass is 28.3. The van der Waals surface area contributed by atoms with Crippen molar-refractivity contribution < 1.29 is 23.9 Å². The van der Waals surface area contributed by atoms with Gasteiger partial charge in [0.2, 0.25) is 0 Å². The van der Waals surface area contributed by atoms with Crippen LogP contribution in [0.5, 0.6) is 0 Å². The summed E-state index contributed by atoms with van der Waals surface area (Å²) in [5.41, 5.74) is 0.711. The average Bonchev–Trinajstić information content (AvgIpc) is 3.05. The zero-order valence-corrected chi connectivity index (χ0v) is 17.5. The number of methoxy groups -OCH3 is 2. The molecule has 0 fully saturated rings. The van der Waals surface area contributed by atoms with E-state index in [1.54, 1.807) is 0 Å². The molecular weight excluding hydrogens is 360 g/mol. The third kappa shape index (κ3) is 4.27. The quantitative estimate of drug-likeness (QED) is 0.425. The highest BCUT2D eigenvalue weighted by Crippen LogP contribution is 2.46. The molecule has 144 valence electrons. The first-order chi connectivity index (χ1) is 12.7. The van der Waals surface area contributed by atoms with Gasteiger partial charge in [-0.2, -0.15) is 0 Å². The largest absolute Gasteiger partial charge is 0.468 e. The average molecular weight is 387 g/mol. The summed E-state index contributed by atoms with van der Waals surface area (Å²) in [6.45, 7) is 5.87. The van der Waals surface area contributed by atoms with E-state index in [9.17, 15) is 14.4 Å². The third-order valence-corrected chi connectivity index (χ3v) is 6.41. The van der Waals surface area contributed by atoms with E-state index in [1.807, 2.05) is 62.1 Å². The molecule has 5 nitrogen and oxygen atoms in total. The van der Waals surface area contributed by atoms with Gasteiger partial charge in [0.1, 0.15) is 13.5 Å². The fourth-order valence-corrected chi connectivity index (χ4v) is 4.43. The van der Waals surface area contributed by atoms with E-state index in [-0.39, 0.29) is 18.2 Å². The molecule has 2 rings (SSSR count).